The Morgan fingerprint density at radius 1 is 1.78 bits per heavy atom. The van der Waals surface area contributed by atoms with Crippen LogP contribution >= 0.6 is 0 Å². The molecule has 50 valence electrons. The lowest BCUT2D eigenvalue weighted by molar-refractivity contribution is 0.390. The van der Waals surface area contributed by atoms with Gasteiger partial charge < -0.3 is 10.6 Å². The van der Waals surface area contributed by atoms with Crippen LogP contribution in [0.25, 0.3) is 0 Å². The fourth-order valence-corrected chi connectivity index (χ4v) is 1.77. The van der Waals surface area contributed by atoms with Crippen LogP contribution in [0.4, 0.5) is 0 Å². The molecule has 0 spiro atoms. The van der Waals surface area contributed by atoms with Crippen molar-refractivity contribution in [2.24, 2.45) is 11.7 Å². The fourth-order valence-electron chi connectivity index (χ4n) is 1.77. The van der Waals surface area contributed by atoms with Crippen LogP contribution in [0.5, 0.6) is 0 Å². The molecule has 0 unspecified atom stereocenters. The molecule has 0 aromatic rings. The highest BCUT2D eigenvalue weighted by Gasteiger charge is 2.33. The summed E-state index contributed by atoms with van der Waals surface area (Å²) in [5, 5.41) is 0. The van der Waals surface area contributed by atoms with Crippen LogP contribution in [0.3, 0.4) is 0 Å². The summed E-state index contributed by atoms with van der Waals surface area (Å²) in [6.45, 7) is 1.17. The van der Waals surface area contributed by atoms with Crippen molar-refractivity contribution < 1.29 is 0 Å². The molecule has 1 heterocycles. The van der Waals surface area contributed by atoms with E-state index < -0.39 is 0 Å². The summed E-state index contributed by atoms with van der Waals surface area (Å²) in [6.07, 6.45) is 3.41. The maximum Gasteiger partial charge on any atom is 0.0293 e. The van der Waals surface area contributed by atoms with Gasteiger partial charge in [-0.15, -0.1) is 0 Å². The number of fused-ring (bicyclic) bond motifs is 2. The molecule has 2 nitrogen and oxygen atoms in total. The smallest absolute Gasteiger partial charge is 0.0293 e. The van der Waals surface area contributed by atoms with Crippen LogP contribution in [-0.2, 0) is 0 Å². The number of hydrogen-bond donors (Lipinski definition) is 1. The van der Waals surface area contributed by atoms with Crippen LogP contribution in [-0.4, -0.2) is 24.5 Å². The van der Waals surface area contributed by atoms with Gasteiger partial charge in [0, 0.05) is 31.2 Å². The molecule has 2 atom stereocenters. The van der Waals surface area contributed by atoms with Crippen LogP contribution in [0, 0.1) is 5.92 Å². The van der Waals surface area contributed by atoms with E-state index in [1.807, 2.05) is 0 Å². The summed E-state index contributed by atoms with van der Waals surface area (Å²) in [4.78, 5) is 2.30. The van der Waals surface area contributed by atoms with Crippen LogP contribution in [0.2, 0.25) is 0 Å². The van der Waals surface area contributed by atoms with Crippen molar-refractivity contribution in [3.63, 3.8) is 0 Å². The Hall–Kier alpha value is -0.500. The Balaban J connectivity index is 2.27. The van der Waals surface area contributed by atoms with Gasteiger partial charge in [-0.2, -0.15) is 0 Å². The molecule has 0 aromatic heterocycles. The Morgan fingerprint density at radius 3 is 2.89 bits per heavy atom. The second-order valence-electron chi connectivity index (χ2n) is 3.08. The first-order valence-corrected chi connectivity index (χ1v) is 3.45. The molecule has 2 heteroatoms. The SMILES string of the molecule is CN1C[C@@H]2CC1=C[C@@H]2N. The van der Waals surface area contributed by atoms with Gasteiger partial charge in [0.05, 0.1) is 0 Å². The zero-order valence-corrected chi connectivity index (χ0v) is 5.67. The number of nitrogens with two attached hydrogens (primary N) is 1. The van der Waals surface area contributed by atoms with Gasteiger partial charge in [-0.3, -0.25) is 0 Å². The minimum atomic E-state index is 0.358. The third-order valence-corrected chi connectivity index (χ3v) is 2.40. The number of rotatable bonds is 0. The van der Waals surface area contributed by atoms with Gasteiger partial charge in [0.25, 0.3) is 0 Å². The van der Waals surface area contributed by atoms with E-state index in [2.05, 4.69) is 18.0 Å². The topological polar surface area (TPSA) is 29.3 Å². The number of allylic oxidation sites excluding steroid dienone is 1. The minimum Gasteiger partial charge on any atom is -0.378 e. The van der Waals surface area contributed by atoms with Crippen molar-refractivity contribution in [1.29, 1.82) is 0 Å². The predicted molar refractivity (Wildman–Crippen MR) is 36.8 cm³/mol. The zero-order valence-electron chi connectivity index (χ0n) is 5.67. The number of nitrogens with zero attached hydrogens (tertiary/aromatic N) is 1. The molecule has 2 rings (SSSR count). The van der Waals surface area contributed by atoms with E-state index in [4.69, 9.17) is 5.73 Å². The Bertz CT molecular complexity index is 162. The molecule has 1 aliphatic carbocycles. The molecule has 2 bridgehead atoms. The first kappa shape index (κ1) is 5.30. The van der Waals surface area contributed by atoms with E-state index in [0.717, 1.165) is 5.92 Å². The van der Waals surface area contributed by atoms with E-state index in [9.17, 15) is 0 Å². The van der Waals surface area contributed by atoms with E-state index in [1.54, 1.807) is 0 Å². The monoisotopic (exact) mass is 124 g/mol. The minimum absolute atomic E-state index is 0.358. The summed E-state index contributed by atoms with van der Waals surface area (Å²) in [5.74, 6) is 0.727. The molecule has 2 aliphatic rings. The van der Waals surface area contributed by atoms with Gasteiger partial charge in [-0.25, -0.2) is 0 Å². The summed E-state index contributed by atoms with van der Waals surface area (Å²) < 4.78 is 0. The summed E-state index contributed by atoms with van der Waals surface area (Å²) in [5.41, 5.74) is 7.23. The Morgan fingerprint density at radius 2 is 2.56 bits per heavy atom. The number of hydrogen-bond acceptors (Lipinski definition) is 2. The fraction of sp³-hybridized carbons (Fsp3) is 0.714. The molecular weight excluding hydrogens is 112 g/mol. The van der Waals surface area contributed by atoms with E-state index in [-0.39, 0.29) is 0 Å². The summed E-state index contributed by atoms with van der Waals surface area (Å²) in [6, 6.07) is 0.358. The van der Waals surface area contributed by atoms with Crippen molar-refractivity contribution >= 4 is 0 Å². The van der Waals surface area contributed by atoms with Crippen molar-refractivity contribution in [2.45, 2.75) is 12.5 Å². The largest absolute Gasteiger partial charge is 0.378 e. The van der Waals surface area contributed by atoms with Gasteiger partial charge in [-0.1, -0.05) is 0 Å². The summed E-state index contributed by atoms with van der Waals surface area (Å²) >= 11 is 0. The van der Waals surface area contributed by atoms with E-state index in [0.29, 0.717) is 6.04 Å². The zero-order chi connectivity index (χ0) is 6.43. The molecule has 1 saturated heterocycles. The molecule has 2 N–H and O–H groups in total. The Labute approximate surface area is 55.3 Å². The lowest BCUT2D eigenvalue weighted by atomic mass is 10.1. The Kier molecular flexibility index (Phi) is 0.887. The van der Waals surface area contributed by atoms with Gasteiger partial charge in [0.1, 0.15) is 0 Å². The van der Waals surface area contributed by atoms with Gasteiger partial charge in [0.15, 0.2) is 0 Å². The highest BCUT2D eigenvalue weighted by molar-refractivity contribution is 5.20. The molecule has 1 fully saturated rings. The average Bonchev–Trinajstić information content (AvgIpc) is 2.24. The molecule has 1 aliphatic heterocycles. The third-order valence-electron chi connectivity index (χ3n) is 2.40. The van der Waals surface area contributed by atoms with E-state index >= 15 is 0 Å². The van der Waals surface area contributed by atoms with Gasteiger partial charge >= 0.3 is 0 Å². The standard InChI is InChI=1S/C7H12N2/c1-9-4-5-2-6(9)3-7(5)8/h3,5,7H,2,4,8H2,1H3/t5-,7-/m0/s1. The van der Waals surface area contributed by atoms with Crippen molar-refractivity contribution in [1.82, 2.24) is 4.90 Å². The lowest BCUT2D eigenvalue weighted by Crippen LogP contribution is -2.31. The van der Waals surface area contributed by atoms with Gasteiger partial charge in [-0.05, 0) is 12.5 Å². The molecule has 0 saturated carbocycles. The third kappa shape index (κ3) is 0.597. The van der Waals surface area contributed by atoms with Gasteiger partial charge in [0.2, 0.25) is 0 Å². The molecule has 0 radical (unpaired) electrons. The molecule has 9 heavy (non-hydrogen) atoms. The quantitative estimate of drug-likeness (QED) is 0.498. The number of likely N-dealkylation sites (tertiary alicyclic amines) is 1. The maximum absolute atomic E-state index is 5.78. The average molecular weight is 124 g/mol. The maximum atomic E-state index is 5.78. The summed E-state index contributed by atoms with van der Waals surface area (Å²) in [7, 11) is 2.14. The molecule has 0 aromatic carbocycles. The first-order valence-electron chi connectivity index (χ1n) is 3.45. The van der Waals surface area contributed by atoms with Crippen LogP contribution in [0.15, 0.2) is 11.8 Å². The predicted octanol–water partition coefficient (Wildman–Crippen LogP) is 0.163. The van der Waals surface area contributed by atoms with Crippen LogP contribution in [0.1, 0.15) is 6.42 Å². The highest BCUT2D eigenvalue weighted by Crippen LogP contribution is 2.33. The molecule has 0 amide bonds. The highest BCUT2D eigenvalue weighted by atomic mass is 15.2. The lowest BCUT2D eigenvalue weighted by Gasteiger charge is -2.20. The second-order valence-corrected chi connectivity index (χ2v) is 3.08. The second kappa shape index (κ2) is 1.51. The van der Waals surface area contributed by atoms with E-state index in [1.165, 1.54) is 18.7 Å². The molecular formula is C7H12N2. The first-order chi connectivity index (χ1) is 4.27. The van der Waals surface area contributed by atoms with Crippen molar-refractivity contribution in [3.8, 4) is 0 Å². The van der Waals surface area contributed by atoms with Crippen molar-refractivity contribution in [2.75, 3.05) is 13.6 Å². The normalized spacial score (nSPS) is 39.8. The van der Waals surface area contributed by atoms with Crippen LogP contribution < -0.4 is 5.73 Å². The van der Waals surface area contributed by atoms with Crippen molar-refractivity contribution in [3.05, 3.63) is 11.8 Å².